The second-order valence-electron chi connectivity index (χ2n) is 4.80. The zero-order valence-electron chi connectivity index (χ0n) is 8.62. The molecular formula is C10H18N2O2. The molecule has 1 atom stereocenters. The molecule has 0 aromatic carbocycles. The summed E-state index contributed by atoms with van der Waals surface area (Å²) < 4.78 is 0. The summed E-state index contributed by atoms with van der Waals surface area (Å²) in [7, 11) is 0. The van der Waals surface area contributed by atoms with Gasteiger partial charge < -0.3 is 10.4 Å². The van der Waals surface area contributed by atoms with Crippen LogP contribution in [0.15, 0.2) is 0 Å². The predicted molar refractivity (Wildman–Crippen MR) is 52.8 cm³/mol. The van der Waals surface area contributed by atoms with Crippen molar-refractivity contribution < 1.29 is 9.90 Å². The monoisotopic (exact) mass is 198 g/mol. The lowest BCUT2D eigenvalue weighted by molar-refractivity contribution is -0.122. The van der Waals surface area contributed by atoms with Crippen molar-refractivity contribution in [2.24, 2.45) is 0 Å². The maximum atomic E-state index is 11.4. The van der Waals surface area contributed by atoms with Crippen molar-refractivity contribution in [3.05, 3.63) is 0 Å². The van der Waals surface area contributed by atoms with Gasteiger partial charge in [-0.3, -0.25) is 9.69 Å². The fourth-order valence-electron chi connectivity index (χ4n) is 1.88. The van der Waals surface area contributed by atoms with Gasteiger partial charge in [0.05, 0.1) is 12.1 Å². The first-order valence-electron chi connectivity index (χ1n) is 5.29. The molecule has 0 aromatic heterocycles. The highest BCUT2D eigenvalue weighted by Crippen LogP contribution is 2.21. The molecule has 1 unspecified atom stereocenters. The Bertz CT molecular complexity index is 236. The number of nitrogens with one attached hydrogen (secondary N) is 1. The first-order chi connectivity index (χ1) is 6.55. The van der Waals surface area contributed by atoms with E-state index in [0.29, 0.717) is 19.1 Å². The van der Waals surface area contributed by atoms with Gasteiger partial charge in [0.15, 0.2) is 0 Å². The molecule has 80 valence electrons. The summed E-state index contributed by atoms with van der Waals surface area (Å²) in [5.74, 6) is 0.102. The molecule has 0 aromatic rings. The fourth-order valence-corrected chi connectivity index (χ4v) is 1.88. The average molecular weight is 198 g/mol. The maximum absolute atomic E-state index is 11.4. The lowest BCUT2D eigenvalue weighted by Gasteiger charge is -2.18. The van der Waals surface area contributed by atoms with Gasteiger partial charge >= 0.3 is 0 Å². The van der Waals surface area contributed by atoms with Crippen LogP contribution in [-0.2, 0) is 4.79 Å². The molecule has 2 aliphatic rings. The van der Waals surface area contributed by atoms with Crippen molar-refractivity contribution in [2.45, 2.75) is 37.8 Å². The number of likely N-dealkylation sites (tertiary alicyclic amines) is 1. The number of rotatable bonds is 3. The van der Waals surface area contributed by atoms with Crippen molar-refractivity contribution in [3.8, 4) is 0 Å². The minimum Gasteiger partial charge on any atom is -0.389 e. The van der Waals surface area contributed by atoms with Crippen LogP contribution in [0.2, 0.25) is 0 Å². The standard InChI is InChI=1S/C10H18N2O2/c1-10(14)4-5-12(7-10)6-9(13)11-8-2-3-8/h8,14H,2-7H2,1H3,(H,11,13). The number of carbonyl (C=O) groups is 1. The van der Waals surface area contributed by atoms with Crippen molar-refractivity contribution in [2.75, 3.05) is 19.6 Å². The van der Waals surface area contributed by atoms with E-state index in [1.54, 1.807) is 0 Å². The normalized spacial score (nSPS) is 33.3. The van der Waals surface area contributed by atoms with Gasteiger partial charge in [0, 0.05) is 19.1 Å². The van der Waals surface area contributed by atoms with Crippen LogP contribution in [-0.4, -0.2) is 47.2 Å². The smallest absolute Gasteiger partial charge is 0.234 e. The lowest BCUT2D eigenvalue weighted by atomic mass is 10.1. The molecule has 0 radical (unpaired) electrons. The third-order valence-electron chi connectivity index (χ3n) is 2.84. The molecule has 2 fully saturated rings. The number of hydrogen-bond donors (Lipinski definition) is 2. The van der Waals surface area contributed by atoms with Crippen molar-refractivity contribution in [1.29, 1.82) is 0 Å². The third kappa shape index (κ3) is 2.69. The number of carbonyl (C=O) groups excluding carboxylic acids is 1. The zero-order chi connectivity index (χ0) is 10.2. The summed E-state index contributed by atoms with van der Waals surface area (Å²) in [6.07, 6.45) is 3.02. The Kier molecular flexibility index (Phi) is 2.49. The van der Waals surface area contributed by atoms with Crippen LogP contribution in [0.5, 0.6) is 0 Å². The van der Waals surface area contributed by atoms with E-state index in [-0.39, 0.29) is 5.91 Å². The van der Waals surface area contributed by atoms with Crippen LogP contribution in [0.4, 0.5) is 0 Å². The second kappa shape index (κ2) is 3.51. The Morgan fingerprint density at radius 2 is 2.36 bits per heavy atom. The van der Waals surface area contributed by atoms with Crippen molar-refractivity contribution in [3.63, 3.8) is 0 Å². The average Bonchev–Trinajstić information content (AvgIpc) is 2.78. The summed E-state index contributed by atoms with van der Waals surface area (Å²) in [4.78, 5) is 13.4. The molecule has 4 nitrogen and oxygen atoms in total. The third-order valence-corrected chi connectivity index (χ3v) is 2.84. The molecule has 4 heteroatoms. The molecule has 2 N–H and O–H groups in total. The second-order valence-corrected chi connectivity index (χ2v) is 4.80. The molecule has 14 heavy (non-hydrogen) atoms. The summed E-state index contributed by atoms with van der Waals surface area (Å²) in [5.41, 5.74) is -0.597. The Balaban J connectivity index is 1.72. The molecule has 0 bridgehead atoms. The minimum absolute atomic E-state index is 0.102. The summed E-state index contributed by atoms with van der Waals surface area (Å²) in [6.45, 7) is 3.70. The molecule has 1 heterocycles. The SMILES string of the molecule is CC1(O)CCN(CC(=O)NC2CC2)C1. The van der Waals surface area contributed by atoms with Gasteiger partial charge in [-0.2, -0.15) is 0 Å². The number of aliphatic hydroxyl groups is 1. The Morgan fingerprint density at radius 1 is 1.64 bits per heavy atom. The highest BCUT2D eigenvalue weighted by atomic mass is 16.3. The first-order valence-corrected chi connectivity index (χ1v) is 5.29. The summed E-state index contributed by atoms with van der Waals surface area (Å²) in [5, 5.41) is 12.6. The van der Waals surface area contributed by atoms with E-state index in [9.17, 15) is 9.90 Å². The minimum atomic E-state index is -0.597. The van der Waals surface area contributed by atoms with Crippen molar-refractivity contribution in [1.82, 2.24) is 10.2 Å². The first kappa shape index (κ1) is 9.93. The summed E-state index contributed by atoms with van der Waals surface area (Å²) in [6, 6.07) is 0.436. The van der Waals surface area contributed by atoms with E-state index in [0.717, 1.165) is 25.8 Å². The van der Waals surface area contributed by atoms with Crippen molar-refractivity contribution >= 4 is 5.91 Å². The molecule has 2 rings (SSSR count). The van der Waals surface area contributed by atoms with Gasteiger partial charge in [-0.1, -0.05) is 0 Å². The predicted octanol–water partition coefficient (Wildman–Crippen LogP) is -0.278. The van der Waals surface area contributed by atoms with E-state index in [2.05, 4.69) is 5.32 Å². The Morgan fingerprint density at radius 3 is 2.86 bits per heavy atom. The molecule has 1 saturated heterocycles. The van der Waals surface area contributed by atoms with Crippen LogP contribution in [0.3, 0.4) is 0 Å². The summed E-state index contributed by atoms with van der Waals surface area (Å²) >= 11 is 0. The fraction of sp³-hybridized carbons (Fsp3) is 0.900. The van der Waals surface area contributed by atoms with Gasteiger partial charge in [-0.05, 0) is 26.2 Å². The quantitative estimate of drug-likeness (QED) is 0.656. The van der Waals surface area contributed by atoms with E-state index in [1.165, 1.54) is 0 Å². The molecular weight excluding hydrogens is 180 g/mol. The van der Waals surface area contributed by atoms with Gasteiger partial charge in [-0.25, -0.2) is 0 Å². The highest BCUT2D eigenvalue weighted by Gasteiger charge is 2.32. The highest BCUT2D eigenvalue weighted by molar-refractivity contribution is 5.78. The van der Waals surface area contributed by atoms with Crippen LogP contribution >= 0.6 is 0 Å². The topological polar surface area (TPSA) is 52.6 Å². The van der Waals surface area contributed by atoms with E-state index in [1.807, 2.05) is 11.8 Å². The zero-order valence-corrected chi connectivity index (χ0v) is 8.62. The largest absolute Gasteiger partial charge is 0.389 e. The number of nitrogens with zero attached hydrogens (tertiary/aromatic N) is 1. The van der Waals surface area contributed by atoms with Crippen LogP contribution in [0, 0.1) is 0 Å². The van der Waals surface area contributed by atoms with Gasteiger partial charge in [0.25, 0.3) is 0 Å². The number of β-amino-alcohol motifs (C(OH)–C–C–N with tert-alkyl or cyclic N) is 1. The Labute approximate surface area is 84.3 Å². The Hall–Kier alpha value is -0.610. The van der Waals surface area contributed by atoms with Crippen LogP contribution in [0.1, 0.15) is 26.2 Å². The molecule has 1 aliphatic carbocycles. The molecule has 1 saturated carbocycles. The molecule has 0 spiro atoms. The van der Waals surface area contributed by atoms with E-state index in [4.69, 9.17) is 0 Å². The van der Waals surface area contributed by atoms with Crippen LogP contribution < -0.4 is 5.32 Å². The van der Waals surface area contributed by atoms with Gasteiger partial charge in [0.2, 0.25) is 5.91 Å². The van der Waals surface area contributed by atoms with Gasteiger partial charge in [-0.15, -0.1) is 0 Å². The van der Waals surface area contributed by atoms with Gasteiger partial charge in [0.1, 0.15) is 0 Å². The lowest BCUT2D eigenvalue weighted by Crippen LogP contribution is -2.38. The maximum Gasteiger partial charge on any atom is 0.234 e. The van der Waals surface area contributed by atoms with E-state index >= 15 is 0 Å². The number of hydrogen-bond acceptors (Lipinski definition) is 3. The molecule has 1 aliphatic heterocycles. The number of amides is 1. The molecule has 1 amide bonds. The van der Waals surface area contributed by atoms with Crippen LogP contribution in [0.25, 0.3) is 0 Å². The van der Waals surface area contributed by atoms with E-state index < -0.39 is 5.60 Å².